The number of hydrogen-bond acceptors (Lipinski definition) is 5. The number of rotatable bonds is 2. The predicted octanol–water partition coefficient (Wildman–Crippen LogP) is 4.86. The maximum absolute atomic E-state index is 5.19. The van der Waals surface area contributed by atoms with Gasteiger partial charge in [0.1, 0.15) is 18.3 Å². The molecule has 7 rings (SSSR count). The quantitative estimate of drug-likeness (QED) is 0.405. The zero-order chi connectivity index (χ0) is 21.1. The zero-order valence-electron chi connectivity index (χ0n) is 16.8. The van der Waals surface area contributed by atoms with Crippen molar-refractivity contribution in [1.82, 2.24) is 34.1 Å². The topological polar surface area (TPSA) is 74.3 Å². The Labute approximate surface area is 181 Å². The van der Waals surface area contributed by atoms with E-state index in [2.05, 4.69) is 67.0 Å². The van der Waals surface area contributed by atoms with Crippen LogP contribution in [-0.2, 0) is 0 Å². The summed E-state index contributed by atoms with van der Waals surface area (Å²) in [5, 5.41) is 3.19. The summed E-state index contributed by atoms with van der Waals surface area (Å²) in [5.41, 5.74) is 5.59. The van der Waals surface area contributed by atoms with Crippen LogP contribution in [0.1, 0.15) is 0 Å². The molecular weight excluding hydrogens is 398 g/mol. The van der Waals surface area contributed by atoms with Gasteiger partial charge in [0.05, 0.1) is 16.6 Å². The van der Waals surface area contributed by atoms with Crippen molar-refractivity contribution in [1.29, 1.82) is 0 Å². The van der Waals surface area contributed by atoms with Crippen molar-refractivity contribution in [3.63, 3.8) is 0 Å². The van der Waals surface area contributed by atoms with E-state index in [4.69, 9.17) is 4.98 Å². The molecule has 7 aromatic rings. The second kappa shape index (κ2) is 6.42. The highest BCUT2D eigenvalue weighted by atomic mass is 15.2. The summed E-state index contributed by atoms with van der Waals surface area (Å²) in [6.45, 7) is 0. The average Bonchev–Trinajstić information content (AvgIpc) is 3.36. The number of fused-ring (bicyclic) bond motifs is 6. The fraction of sp³-hybridized carbons (Fsp3) is 0. The van der Waals surface area contributed by atoms with E-state index in [1.165, 1.54) is 12.7 Å². The van der Waals surface area contributed by atoms with Crippen molar-refractivity contribution in [3.05, 3.63) is 91.6 Å². The van der Waals surface area contributed by atoms with Crippen LogP contribution in [0.3, 0.4) is 0 Å². The van der Waals surface area contributed by atoms with Gasteiger partial charge in [-0.15, -0.1) is 0 Å². The Bertz CT molecular complexity index is 1640. The summed E-state index contributed by atoms with van der Waals surface area (Å²) in [7, 11) is 0. The third kappa shape index (κ3) is 2.27. The van der Waals surface area contributed by atoms with Crippen LogP contribution in [0.4, 0.5) is 0 Å². The van der Waals surface area contributed by atoms with Gasteiger partial charge in [0.2, 0.25) is 5.95 Å². The van der Waals surface area contributed by atoms with Crippen LogP contribution >= 0.6 is 0 Å². The Morgan fingerprint density at radius 3 is 2.22 bits per heavy atom. The molecule has 5 aromatic heterocycles. The molecule has 0 spiro atoms. The number of hydrogen-bond donors (Lipinski definition) is 0. The number of nitrogens with zero attached hydrogens (tertiary/aromatic N) is 7. The highest BCUT2D eigenvalue weighted by molar-refractivity contribution is 6.15. The second-order valence-corrected chi connectivity index (χ2v) is 7.56. The molecule has 0 bridgehead atoms. The normalized spacial score (nSPS) is 11.8. The Hall–Kier alpha value is -4.65. The molecule has 0 radical (unpaired) electrons. The molecule has 0 atom stereocenters. The van der Waals surface area contributed by atoms with Gasteiger partial charge in [0.25, 0.3) is 0 Å². The van der Waals surface area contributed by atoms with E-state index in [1.54, 1.807) is 6.20 Å². The lowest BCUT2D eigenvalue weighted by Gasteiger charge is -2.07. The van der Waals surface area contributed by atoms with Crippen molar-refractivity contribution >= 4 is 44.0 Å². The molecule has 0 fully saturated rings. The molecule has 0 saturated carbocycles. The first-order valence-electron chi connectivity index (χ1n) is 10.3. The lowest BCUT2D eigenvalue weighted by atomic mass is 10.1. The van der Waals surface area contributed by atoms with Gasteiger partial charge in [-0.3, -0.25) is 14.1 Å². The lowest BCUT2D eigenvalue weighted by Crippen LogP contribution is -2.02. The van der Waals surface area contributed by atoms with E-state index in [9.17, 15) is 0 Å². The first-order chi connectivity index (χ1) is 15.9. The minimum atomic E-state index is 0.516. The monoisotopic (exact) mass is 413 g/mol. The second-order valence-electron chi connectivity index (χ2n) is 7.56. The van der Waals surface area contributed by atoms with Crippen LogP contribution in [0.2, 0.25) is 0 Å². The van der Waals surface area contributed by atoms with Crippen molar-refractivity contribution < 1.29 is 0 Å². The van der Waals surface area contributed by atoms with Gasteiger partial charge in [0, 0.05) is 28.0 Å². The first-order valence-corrected chi connectivity index (χ1v) is 10.3. The standard InChI is InChI=1S/C25H15N7/c1-2-7-16(8-3-1)31-20-10-5-4-9-17(20)18-13-19-22-21(11-6-12-27-22)32(24(19)30-23(18)31)25-28-14-26-15-29-25/h1-15H. The summed E-state index contributed by atoms with van der Waals surface area (Å²) >= 11 is 0. The van der Waals surface area contributed by atoms with E-state index < -0.39 is 0 Å². The molecule has 0 unspecified atom stereocenters. The number of benzene rings is 2. The molecule has 0 saturated heterocycles. The average molecular weight is 413 g/mol. The van der Waals surface area contributed by atoms with E-state index in [0.29, 0.717) is 5.95 Å². The fourth-order valence-electron chi connectivity index (χ4n) is 4.51. The van der Waals surface area contributed by atoms with Crippen molar-refractivity contribution in [2.45, 2.75) is 0 Å². The largest absolute Gasteiger partial charge is 0.294 e. The van der Waals surface area contributed by atoms with Gasteiger partial charge >= 0.3 is 0 Å². The van der Waals surface area contributed by atoms with Crippen LogP contribution in [0.25, 0.3) is 55.6 Å². The van der Waals surface area contributed by atoms with Gasteiger partial charge in [-0.1, -0.05) is 36.4 Å². The predicted molar refractivity (Wildman–Crippen MR) is 124 cm³/mol. The summed E-state index contributed by atoms with van der Waals surface area (Å²) < 4.78 is 4.15. The van der Waals surface area contributed by atoms with E-state index in [-0.39, 0.29) is 0 Å². The highest BCUT2D eigenvalue weighted by Gasteiger charge is 2.20. The van der Waals surface area contributed by atoms with Crippen molar-refractivity contribution in [2.24, 2.45) is 0 Å². The number of para-hydroxylation sites is 2. The molecule has 0 aliphatic heterocycles. The van der Waals surface area contributed by atoms with Gasteiger partial charge < -0.3 is 0 Å². The molecule has 7 nitrogen and oxygen atoms in total. The molecule has 150 valence electrons. The van der Waals surface area contributed by atoms with Gasteiger partial charge in [0.15, 0.2) is 5.65 Å². The SMILES string of the molecule is c1ccc(-n2c3ccccc3c3cc4c5ncccc5n(-c5ncncn5)c4nc32)cc1. The minimum absolute atomic E-state index is 0.516. The summed E-state index contributed by atoms with van der Waals surface area (Å²) in [6, 6.07) is 24.8. The summed E-state index contributed by atoms with van der Waals surface area (Å²) in [5.74, 6) is 0.516. The molecule has 0 aliphatic carbocycles. The number of aromatic nitrogens is 7. The number of pyridine rings is 2. The molecule has 2 aromatic carbocycles. The van der Waals surface area contributed by atoms with E-state index >= 15 is 0 Å². The summed E-state index contributed by atoms with van der Waals surface area (Å²) in [6.07, 6.45) is 4.79. The highest BCUT2D eigenvalue weighted by Crippen LogP contribution is 2.36. The van der Waals surface area contributed by atoms with Gasteiger partial charge in [-0.05, 0) is 36.4 Å². The first kappa shape index (κ1) is 17.1. The van der Waals surface area contributed by atoms with Gasteiger partial charge in [-0.2, -0.15) is 0 Å². The molecule has 0 amide bonds. The third-order valence-electron chi connectivity index (χ3n) is 5.82. The minimum Gasteiger partial charge on any atom is -0.294 e. The molecule has 0 aliphatic rings. The molecular formula is C25H15N7. The molecule has 0 N–H and O–H groups in total. The third-order valence-corrected chi connectivity index (χ3v) is 5.82. The zero-order valence-corrected chi connectivity index (χ0v) is 16.8. The van der Waals surface area contributed by atoms with Crippen LogP contribution in [0.5, 0.6) is 0 Å². The van der Waals surface area contributed by atoms with Gasteiger partial charge in [-0.25, -0.2) is 19.9 Å². The van der Waals surface area contributed by atoms with Crippen LogP contribution in [0, 0.1) is 0 Å². The van der Waals surface area contributed by atoms with Crippen molar-refractivity contribution in [3.8, 4) is 11.6 Å². The smallest absolute Gasteiger partial charge is 0.238 e. The Morgan fingerprint density at radius 2 is 1.34 bits per heavy atom. The molecule has 32 heavy (non-hydrogen) atoms. The summed E-state index contributed by atoms with van der Waals surface area (Å²) in [4.78, 5) is 22.6. The van der Waals surface area contributed by atoms with Crippen molar-refractivity contribution in [2.75, 3.05) is 0 Å². The van der Waals surface area contributed by atoms with E-state index in [1.807, 2.05) is 34.9 Å². The van der Waals surface area contributed by atoms with Crippen LogP contribution < -0.4 is 0 Å². The fourth-order valence-corrected chi connectivity index (χ4v) is 4.51. The Morgan fingerprint density at radius 1 is 0.594 bits per heavy atom. The lowest BCUT2D eigenvalue weighted by molar-refractivity contribution is 0.931. The molecule has 5 heterocycles. The maximum atomic E-state index is 5.19. The Balaban J connectivity index is 1.71. The van der Waals surface area contributed by atoms with Crippen LogP contribution in [0.15, 0.2) is 91.6 Å². The van der Waals surface area contributed by atoms with Crippen LogP contribution in [-0.4, -0.2) is 34.1 Å². The Kier molecular flexibility index (Phi) is 3.43. The maximum Gasteiger partial charge on any atom is 0.238 e. The molecule has 7 heteroatoms. The van der Waals surface area contributed by atoms with E-state index in [0.717, 1.165) is 49.7 Å².